The predicted molar refractivity (Wildman–Crippen MR) is 71.0 cm³/mol. The van der Waals surface area contributed by atoms with Gasteiger partial charge in [0.2, 0.25) is 0 Å². The van der Waals surface area contributed by atoms with E-state index in [1.165, 1.54) is 12.8 Å². The Morgan fingerprint density at radius 1 is 1.53 bits per heavy atom. The molecule has 3 rings (SSSR count). The summed E-state index contributed by atoms with van der Waals surface area (Å²) in [5, 5.41) is 10.5. The third-order valence-electron chi connectivity index (χ3n) is 3.51. The number of aromatic nitrogens is 3. The van der Waals surface area contributed by atoms with Crippen LogP contribution in [0.25, 0.3) is 5.52 Å². The minimum absolute atomic E-state index is 0.0824. The zero-order chi connectivity index (χ0) is 13.1. The lowest BCUT2D eigenvalue weighted by molar-refractivity contribution is 0.0954. The summed E-state index contributed by atoms with van der Waals surface area (Å²) >= 11 is 0. The third-order valence-corrected chi connectivity index (χ3v) is 3.51. The number of hydrogen-bond acceptors (Lipinski definition) is 4. The number of nitrogens with zero attached hydrogens (tertiary/aromatic N) is 3. The van der Waals surface area contributed by atoms with Gasteiger partial charge in [-0.05, 0) is 25.8 Å². The molecule has 0 spiro atoms. The summed E-state index contributed by atoms with van der Waals surface area (Å²) in [4.78, 5) is 16.1. The van der Waals surface area contributed by atoms with Crippen molar-refractivity contribution in [2.45, 2.75) is 25.3 Å². The highest BCUT2D eigenvalue weighted by Gasteiger charge is 2.15. The van der Waals surface area contributed by atoms with Crippen molar-refractivity contribution in [2.75, 3.05) is 13.1 Å². The van der Waals surface area contributed by atoms with Gasteiger partial charge in [0.05, 0.1) is 23.5 Å². The Morgan fingerprint density at radius 3 is 3.32 bits per heavy atom. The third kappa shape index (κ3) is 2.58. The van der Waals surface area contributed by atoms with Crippen LogP contribution in [-0.4, -0.2) is 39.6 Å². The van der Waals surface area contributed by atoms with Crippen molar-refractivity contribution in [3.63, 3.8) is 0 Å². The molecule has 100 valence electrons. The highest BCUT2D eigenvalue weighted by atomic mass is 16.1. The number of rotatable bonds is 4. The minimum Gasteiger partial charge on any atom is -0.352 e. The zero-order valence-electron chi connectivity index (χ0n) is 10.7. The fraction of sp³-hybridized carbons (Fsp3) is 0.462. The average Bonchev–Trinajstić information content (AvgIpc) is 3.07. The molecule has 6 heteroatoms. The van der Waals surface area contributed by atoms with Gasteiger partial charge in [0, 0.05) is 25.0 Å². The molecule has 1 aliphatic rings. The largest absolute Gasteiger partial charge is 0.352 e. The van der Waals surface area contributed by atoms with Crippen LogP contribution < -0.4 is 10.6 Å². The maximum Gasteiger partial charge on any atom is 0.255 e. The lowest BCUT2D eigenvalue weighted by Gasteiger charge is -2.10. The number of carbonyl (C=O) groups excluding carboxylic acids is 1. The van der Waals surface area contributed by atoms with Crippen molar-refractivity contribution < 1.29 is 4.79 Å². The quantitative estimate of drug-likeness (QED) is 0.843. The SMILES string of the molecule is O=C(NCCC1CCCN1)c1cnn2ccncc12. The van der Waals surface area contributed by atoms with Crippen LogP contribution in [0.5, 0.6) is 0 Å². The molecule has 1 atom stereocenters. The number of amides is 1. The molecule has 6 nitrogen and oxygen atoms in total. The van der Waals surface area contributed by atoms with Gasteiger partial charge in [-0.1, -0.05) is 0 Å². The normalized spacial score (nSPS) is 18.8. The van der Waals surface area contributed by atoms with Gasteiger partial charge in [-0.3, -0.25) is 9.78 Å². The van der Waals surface area contributed by atoms with E-state index < -0.39 is 0 Å². The van der Waals surface area contributed by atoms with Gasteiger partial charge in [-0.25, -0.2) is 4.52 Å². The summed E-state index contributed by atoms with van der Waals surface area (Å²) < 4.78 is 1.65. The molecule has 1 amide bonds. The minimum atomic E-state index is -0.0824. The summed E-state index contributed by atoms with van der Waals surface area (Å²) in [6.07, 6.45) is 10.0. The number of hydrogen-bond donors (Lipinski definition) is 2. The monoisotopic (exact) mass is 259 g/mol. The van der Waals surface area contributed by atoms with E-state index in [-0.39, 0.29) is 5.91 Å². The molecule has 2 aromatic rings. The van der Waals surface area contributed by atoms with Gasteiger partial charge in [0.1, 0.15) is 0 Å². The molecule has 19 heavy (non-hydrogen) atoms. The molecule has 0 radical (unpaired) electrons. The fourth-order valence-corrected chi connectivity index (χ4v) is 2.47. The van der Waals surface area contributed by atoms with Crippen molar-refractivity contribution in [3.05, 3.63) is 30.4 Å². The first kappa shape index (κ1) is 12.1. The van der Waals surface area contributed by atoms with Gasteiger partial charge in [-0.2, -0.15) is 5.10 Å². The maximum absolute atomic E-state index is 12.1. The van der Waals surface area contributed by atoms with E-state index >= 15 is 0 Å². The van der Waals surface area contributed by atoms with E-state index in [4.69, 9.17) is 0 Å². The first-order chi connectivity index (χ1) is 9.34. The highest BCUT2D eigenvalue weighted by Crippen LogP contribution is 2.10. The molecule has 3 heterocycles. The Bertz CT molecular complexity index is 573. The van der Waals surface area contributed by atoms with Crippen LogP contribution in [-0.2, 0) is 0 Å². The second-order valence-corrected chi connectivity index (χ2v) is 4.80. The molecule has 1 unspecified atom stereocenters. The Morgan fingerprint density at radius 2 is 2.47 bits per heavy atom. The second-order valence-electron chi connectivity index (χ2n) is 4.80. The van der Waals surface area contributed by atoms with E-state index in [1.807, 2.05) is 0 Å². The van der Waals surface area contributed by atoms with Crippen molar-refractivity contribution in [3.8, 4) is 0 Å². The second kappa shape index (κ2) is 5.36. The molecule has 2 aromatic heterocycles. The Balaban J connectivity index is 1.60. The molecule has 1 aliphatic heterocycles. The van der Waals surface area contributed by atoms with E-state index in [2.05, 4.69) is 20.7 Å². The highest BCUT2D eigenvalue weighted by molar-refractivity contribution is 6.00. The van der Waals surface area contributed by atoms with E-state index in [1.54, 1.807) is 29.3 Å². The molecule has 1 saturated heterocycles. The van der Waals surface area contributed by atoms with E-state index in [0.717, 1.165) is 18.5 Å². The maximum atomic E-state index is 12.1. The Kier molecular flexibility index (Phi) is 3.41. The first-order valence-corrected chi connectivity index (χ1v) is 6.63. The van der Waals surface area contributed by atoms with Gasteiger partial charge in [-0.15, -0.1) is 0 Å². The van der Waals surface area contributed by atoms with Gasteiger partial charge >= 0.3 is 0 Å². The molecule has 0 aliphatic carbocycles. The average molecular weight is 259 g/mol. The Hall–Kier alpha value is -1.95. The van der Waals surface area contributed by atoms with E-state index in [9.17, 15) is 4.79 Å². The topological polar surface area (TPSA) is 71.3 Å². The lowest BCUT2D eigenvalue weighted by atomic mass is 10.1. The van der Waals surface area contributed by atoms with Crippen LogP contribution in [0.1, 0.15) is 29.6 Å². The van der Waals surface area contributed by atoms with Crippen LogP contribution >= 0.6 is 0 Å². The van der Waals surface area contributed by atoms with Crippen molar-refractivity contribution >= 4 is 11.4 Å². The summed E-state index contributed by atoms with van der Waals surface area (Å²) in [5.41, 5.74) is 1.31. The summed E-state index contributed by atoms with van der Waals surface area (Å²) in [5.74, 6) is -0.0824. The van der Waals surface area contributed by atoms with Gasteiger partial charge < -0.3 is 10.6 Å². The van der Waals surface area contributed by atoms with E-state index in [0.29, 0.717) is 18.2 Å². The molecule has 0 aromatic carbocycles. The number of carbonyl (C=O) groups is 1. The molecule has 0 bridgehead atoms. The summed E-state index contributed by atoms with van der Waals surface area (Å²) in [7, 11) is 0. The molecular formula is C13H17N5O. The molecule has 2 N–H and O–H groups in total. The number of fused-ring (bicyclic) bond motifs is 1. The fourth-order valence-electron chi connectivity index (χ4n) is 2.47. The first-order valence-electron chi connectivity index (χ1n) is 6.63. The van der Waals surface area contributed by atoms with Crippen LogP contribution in [0.15, 0.2) is 24.8 Å². The van der Waals surface area contributed by atoms with Crippen molar-refractivity contribution in [1.82, 2.24) is 25.2 Å². The Labute approximate surface area is 111 Å². The molecule has 1 fully saturated rings. The van der Waals surface area contributed by atoms with Crippen molar-refractivity contribution in [2.24, 2.45) is 0 Å². The van der Waals surface area contributed by atoms with Crippen LogP contribution in [0.3, 0.4) is 0 Å². The van der Waals surface area contributed by atoms with Gasteiger partial charge in [0.25, 0.3) is 5.91 Å². The zero-order valence-corrected chi connectivity index (χ0v) is 10.7. The standard InChI is InChI=1S/C13H17N5O/c19-13(16-5-3-10-2-1-4-15-10)11-8-17-18-7-6-14-9-12(11)18/h6-10,15H,1-5H2,(H,16,19). The molecule has 0 saturated carbocycles. The smallest absolute Gasteiger partial charge is 0.255 e. The van der Waals surface area contributed by atoms with Crippen molar-refractivity contribution in [1.29, 1.82) is 0 Å². The summed E-state index contributed by atoms with van der Waals surface area (Å²) in [6, 6.07) is 0.547. The van der Waals surface area contributed by atoms with Gasteiger partial charge in [0.15, 0.2) is 0 Å². The predicted octanol–water partition coefficient (Wildman–Crippen LogP) is 0.601. The van der Waals surface area contributed by atoms with Crippen LogP contribution in [0.4, 0.5) is 0 Å². The van der Waals surface area contributed by atoms with Crippen LogP contribution in [0.2, 0.25) is 0 Å². The summed E-state index contributed by atoms with van der Waals surface area (Å²) in [6.45, 7) is 1.78. The lowest BCUT2D eigenvalue weighted by Crippen LogP contribution is -2.30. The van der Waals surface area contributed by atoms with Crippen LogP contribution in [0, 0.1) is 0 Å². The molecular weight excluding hydrogens is 242 g/mol. The number of nitrogens with one attached hydrogen (secondary N) is 2.